The Balaban J connectivity index is 1.95. The molecule has 5 heteroatoms. The molecule has 3 N–H and O–H groups in total. The van der Waals surface area contributed by atoms with Crippen molar-refractivity contribution in [1.29, 1.82) is 0 Å². The molecule has 1 saturated carbocycles. The minimum Gasteiger partial charge on any atom is -0.478 e. The molecule has 1 aliphatic rings. The van der Waals surface area contributed by atoms with Crippen molar-refractivity contribution in [1.82, 2.24) is 9.97 Å². The fourth-order valence-corrected chi connectivity index (χ4v) is 2.38. The molecule has 100 valence electrons. The Bertz CT molecular complexity index is 397. The summed E-state index contributed by atoms with van der Waals surface area (Å²) in [5.41, 5.74) is 6.95. The second-order valence-electron chi connectivity index (χ2n) is 4.84. The Labute approximate surface area is 108 Å². The molecular formula is C13H22N4O. The van der Waals surface area contributed by atoms with Crippen molar-refractivity contribution in [3.8, 4) is 5.88 Å². The second kappa shape index (κ2) is 6.00. The van der Waals surface area contributed by atoms with E-state index in [9.17, 15) is 0 Å². The summed E-state index contributed by atoms with van der Waals surface area (Å²) in [7, 11) is 0. The molecule has 1 aromatic rings. The Hall–Kier alpha value is -1.36. The van der Waals surface area contributed by atoms with Gasteiger partial charge in [-0.2, -0.15) is 4.98 Å². The summed E-state index contributed by atoms with van der Waals surface area (Å²) in [6.45, 7) is 5.35. The maximum atomic E-state index is 6.05. The molecule has 2 atom stereocenters. The summed E-state index contributed by atoms with van der Waals surface area (Å²) in [5.74, 6) is 1.80. The zero-order valence-corrected chi connectivity index (χ0v) is 11.1. The van der Waals surface area contributed by atoms with Crippen LogP contribution in [-0.2, 0) is 0 Å². The van der Waals surface area contributed by atoms with Gasteiger partial charge < -0.3 is 15.8 Å². The molecule has 2 rings (SSSR count). The third-order valence-electron chi connectivity index (χ3n) is 3.36. The third kappa shape index (κ3) is 3.32. The van der Waals surface area contributed by atoms with Crippen molar-refractivity contribution in [2.75, 3.05) is 18.5 Å². The summed E-state index contributed by atoms with van der Waals surface area (Å²) < 4.78 is 5.40. The molecule has 0 spiro atoms. The smallest absolute Gasteiger partial charge is 0.226 e. The first-order chi connectivity index (χ1) is 8.69. The average Bonchev–Trinajstić information content (AvgIpc) is 2.72. The topological polar surface area (TPSA) is 73.1 Å². The van der Waals surface area contributed by atoms with Crippen LogP contribution >= 0.6 is 0 Å². The predicted octanol–water partition coefficient (Wildman–Crippen LogP) is 1.72. The fraction of sp³-hybridized carbons (Fsp3) is 0.692. The van der Waals surface area contributed by atoms with Crippen molar-refractivity contribution in [3.05, 3.63) is 11.8 Å². The van der Waals surface area contributed by atoms with Crippen molar-refractivity contribution in [2.45, 2.75) is 39.2 Å². The fourth-order valence-electron chi connectivity index (χ4n) is 2.38. The molecule has 0 bridgehead atoms. The summed E-state index contributed by atoms with van der Waals surface area (Å²) >= 11 is 0. The average molecular weight is 250 g/mol. The van der Waals surface area contributed by atoms with Crippen LogP contribution in [0.25, 0.3) is 0 Å². The molecule has 0 aromatic carbocycles. The zero-order valence-electron chi connectivity index (χ0n) is 11.1. The van der Waals surface area contributed by atoms with Crippen LogP contribution < -0.4 is 15.8 Å². The van der Waals surface area contributed by atoms with E-state index in [0.717, 1.165) is 18.7 Å². The molecule has 18 heavy (non-hydrogen) atoms. The summed E-state index contributed by atoms with van der Waals surface area (Å²) in [6, 6.07) is 2.16. The lowest BCUT2D eigenvalue weighted by Crippen LogP contribution is -2.30. The van der Waals surface area contributed by atoms with Gasteiger partial charge in [-0.1, -0.05) is 6.42 Å². The van der Waals surface area contributed by atoms with E-state index in [-0.39, 0.29) is 0 Å². The number of hydrogen-bond acceptors (Lipinski definition) is 5. The summed E-state index contributed by atoms with van der Waals surface area (Å²) in [6.07, 6.45) is 3.55. The monoisotopic (exact) mass is 250 g/mol. The van der Waals surface area contributed by atoms with Crippen LogP contribution in [0.4, 0.5) is 5.95 Å². The van der Waals surface area contributed by atoms with Gasteiger partial charge in [0, 0.05) is 24.3 Å². The molecule has 1 aliphatic carbocycles. The van der Waals surface area contributed by atoms with E-state index in [1.165, 1.54) is 12.8 Å². The molecule has 1 heterocycles. The molecule has 1 fully saturated rings. The SMILES string of the molecule is CCOc1cc(C)nc(NCC2CCCC2N)n1. The van der Waals surface area contributed by atoms with Gasteiger partial charge in [-0.25, -0.2) is 4.98 Å². The summed E-state index contributed by atoms with van der Waals surface area (Å²) in [5, 5.41) is 3.27. The highest BCUT2D eigenvalue weighted by Gasteiger charge is 2.23. The van der Waals surface area contributed by atoms with E-state index in [2.05, 4.69) is 15.3 Å². The van der Waals surface area contributed by atoms with Crippen LogP contribution in [-0.4, -0.2) is 29.2 Å². The number of aryl methyl sites for hydroxylation is 1. The second-order valence-corrected chi connectivity index (χ2v) is 4.84. The minimum atomic E-state index is 0.314. The Kier molecular flexibility index (Phi) is 4.36. The van der Waals surface area contributed by atoms with Crippen molar-refractivity contribution in [2.24, 2.45) is 11.7 Å². The van der Waals surface area contributed by atoms with E-state index in [4.69, 9.17) is 10.5 Å². The molecular weight excluding hydrogens is 228 g/mol. The van der Waals surface area contributed by atoms with Gasteiger partial charge in [0.05, 0.1) is 6.61 Å². The van der Waals surface area contributed by atoms with E-state index in [1.54, 1.807) is 0 Å². The van der Waals surface area contributed by atoms with E-state index in [0.29, 0.717) is 30.4 Å². The normalized spacial score (nSPS) is 23.1. The zero-order chi connectivity index (χ0) is 13.0. The molecule has 5 nitrogen and oxygen atoms in total. The quantitative estimate of drug-likeness (QED) is 0.832. The van der Waals surface area contributed by atoms with Gasteiger partial charge in [-0.15, -0.1) is 0 Å². The van der Waals surface area contributed by atoms with Crippen molar-refractivity contribution < 1.29 is 4.74 Å². The van der Waals surface area contributed by atoms with E-state index < -0.39 is 0 Å². The maximum absolute atomic E-state index is 6.05. The van der Waals surface area contributed by atoms with Crippen LogP contribution in [0.5, 0.6) is 5.88 Å². The Morgan fingerprint density at radius 3 is 2.94 bits per heavy atom. The van der Waals surface area contributed by atoms with Crippen LogP contribution in [0.1, 0.15) is 31.9 Å². The molecule has 2 unspecified atom stereocenters. The van der Waals surface area contributed by atoms with Gasteiger partial charge in [0.25, 0.3) is 0 Å². The van der Waals surface area contributed by atoms with Gasteiger partial charge in [0.1, 0.15) is 0 Å². The number of nitrogens with zero attached hydrogens (tertiary/aromatic N) is 2. The lowest BCUT2D eigenvalue weighted by molar-refractivity contribution is 0.326. The first kappa shape index (κ1) is 13.1. The number of nitrogens with one attached hydrogen (secondary N) is 1. The number of anilines is 1. The predicted molar refractivity (Wildman–Crippen MR) is 71.7 cm³/mol. The highest BCUT2D eigenvalue weighted by Crippen LogP contribution is 2.24. The van der Waals surface area contributed by atoms with Gasteiger partial charge in [-0.3, -0.25) is 0 Å². The Morgan fingerprint density at radius 2 is 2.28 bits per heavy atom. The number of aromatic nitrogens is 2. The van der Waals surface area contributed by atoms with Crippen LogP contribution in [0, 0.1) is 12.8 Å². The highest BCUT2D eigenvalue weighted by molar-refractivity contribution is 5.30. The molecule has 0 aliphatic heterocycles. The lowest BCUT2D eigenvalue weighted by Gasteiger charge is -2.16. The summed E-state index contributed by atoms with van der Waals surface area (Å²) in [4.78, 5) is 8.68. The largest absolute Gasteiger partial charge is 0.478 e. The van der Waals surface area contributed by atoms with Gasteiger partial charge in [0.15, 0.2) is 0 Å². The third-order valence-corrected chi connectivity index (χ3v) is 3.36. The van der Waals surface area contributed by atoms with Crippen LogP contribution in [0.15, 0.2) is 6.07 Å². The van der Waals surface area contributed by atoms with Gasteiger partial charge in [-0.05, 0) is 32.6 Å². The maximum Gasteiger partial charge on any atom is 0.226 e. The van der Waals surface area contributed by atoms with E-state index in [1.807, 2.05) is 19.9 Å². The lowest BCUT2D eigenvalue weighted by atomic mass is 10.1. The van der Waals surface area contributed by atoms with Crippen molar-refractivity contribution in [3.63, 3.8) is 0 Å². The standard InChI is InChI=1S/C13H22N4O/c1-3-18-12-7-9(2)16-13(17-12)15-8-10-5-4-6-11(10)14/h7,10-11H,3-6,8,14H2,1-2H3,(H,15,16,17). The first-order valence-corrected chi connectivity index (χ1v) is 6.67. The van der Waals surface area contributed by atoms with E-state index >= 15 is 0 Å². The van der Waals surface area contributed by atoms with Crippen LogP contribution in [0.2, 0.25) is 0 Å². The molecule has 0 saturated heterocycles. The highest BCUT2D eigenvalue weighted by atomic mass is 16.5. The minimum absolute atomic E-state index is 0.314. The number of hydrogen-bond donors (Lipinski definition) is 2. The number of rotatable bonds is 5. The van der Waals surface area contributed by atoms with Crippen LogP contribution in [0.3, 0.4) is 0 Å². The first-order valence-electron chi connectivity index (χ1n) is 6.67. The molecule has 0 radical (unpaired) electrons. The van der Waals surface area contributed by atoms with Crippen molar-refractivity contribution >= 4 is 5.95 Å². The van der Waals surface area contributed by atoms with Gasteiger partial charge >= 0.3 is 0 Å². The molecule has 0 amide bonds. The molecule has 1 aromatic heterocycles. The Morgan fingerprint density at radius 1 is 1.44 bits per heavy atom. The number of nitrogens with two attached hydrogens (primary N) is 1. The van der Waals surface area contributed by atoms with Gasteiger partial charge in [0.2, 0.25) is 11.8 Å². The number of ether oxygens (including phenoxy) is 1.